The summed E-state index contributed by atoms with van der Waals surface area (Å²) in [6.07, 6.45) is -1.38. The molecule has 0 radical (unpaired) electrons. The average Bonchev–Trinajstić information content (AvgIpc) is 2.76. The molecule has 176 valence electrons. The predicted octanol–water partition coefficient (Wildman–Crippen LogP) is 5.26. The normalized spacial score (nSPS) is 12.6. The molecular weight excluding hydrogens is 421 g/mol. The minimum atomic E-state index is -4.47. The second kappa shape index (κ2) is 11.8. The van der Waals surface area contributed by atoms with Crippen LogP contribution < -0.4 is 5.32 Å². The van der Waals surface area contributed by atoms with Crippen molar-refractivity contribution in [2.24, 2.45) is 0 Å². The summed E-state index contributed by atoms with van der Waals surface area (Å²) >= 11 is 0. The van der Waals surface area contributed by atoms with E-state index in [9.17, 15) is 18.0 Å². The van der Waals surface area contributed by atoms with Crippen molar-refractivity contribution in [2.75, 3.05) is 31.6 Å². The number of alkyl halides is 3. The van der Waals surface area contributed by atoms with Gasteiger partial charge in [0, 0.05) is 17.8 Å². The molecule has 0 amide bonds. The van der Waals surface area contributed by atoms with E-state index in [4.69, 9.17) is 4.74 Å². The Morgan fingerprint density at radius 3 is 2.56 bits per heavy atom. The molecule has 2 rings (SSSR count). The van der Waals surface area contributed by atoms with Crippen LogP contribution in [0, 0.1) is 0 Å². The van der Waals surface area contributed by atoms with E-state index >= 15 is 0 Å². The monoisotopic (exact) mass is 452 g/mol. The zero-order valence-corrected chi connectivity index (χ0v) is 19.0. The molecule has 32 heavy (non-hydrogen) atoms. The standard InChI is InChI=1S/C23H31F3N4O2/c1-5-30(6-2)13-9-10-16(4)28-21-19(22(31)32-7-3)15-27-20(29-21)17-11-8-12-18(14-17)23(24,25)26/h8,11-12,14-16H,5-7,9-10,13H2,1-4H3,(H,27,28,29)/t16-/m1/s1. The summed E-state index contributed by atoms with van der Waals surface area (Å²) in [5.41, 5.74) is -0.419. The molecule has 0 aliphatic carbocycles. The molecule has 1 atom stereocenters. The number of carbonyl (C=O) groups excluding carboxylic acids is 1. The summed E-state index contributed by atoms with van der Waals surface area (Å²) in [5, 5.41) is 3.22. The summed E-state index contributed by atoms with van der Waals surface area (Å²) < 4.78 is 44.4. The van der Waals surface area contributed by atoms with E-state index in [2.05, 4.69) is 34.0 Å². The summed E-state index contributed by atoms with van der Waals surface area (Å²) in [6.45, 7) is 11.0. The maximum absolute atomic E-state index is 13.1. The van der Waals surface area contributed by atoms with Crippen molar-refractivity contribution in [1.82, 2.24) is 14.9 Å². The maximum Gasteiger partial charge on any atom is 0.416 e. The molecule has 1 aromatic carbocycles. The third-order valence-electron chi connectivity index (χ3n) is 5.12. The first-order valence-corrected chi connectivity index (χ1v) is 10.9. The second-order valence-electron chi connectivity index (χ2n) is 7.47. The Labute approximate surface area is 187 Å². The Bertz CT molecular complexity index is 886. The molecule has 0 bridgehead atoms. The van der Waals surface area contributed by atoms with Crippen molar-refractivity contribution >= 4 is 11.8 Å². The van der Waals surface area contributed by atoms with Gasteiger partial charge in [0.1, 0.15) is 11.4 Å². The Morgan fingerprint density at radius 1 is 1.22 bits per heavy atom. The molecule has 6 nitrogen and oxygen atoms in total. The SMILES string of the molecule is CCOC(=O)c1cnc(-c2cccc(C(F)(F)F)c2)nc1N[C@H](C)CCCN(CC)CC. The topological polar surface area (TPSA) is 67.3 Å². The highest BCUT2D eigenvalue weighted by atomic mass is 19.4. The number of nitrogens with zero attached hydrogens (tertiary/aromatic N) is 3. The largest absolute Gasteiger partial charge is 0.462 e. The van der Waals surface area contributed by atoms with E-state index in [0.717, 1.165) is 44.6 Å². The van der Waals surface area contributed by atoms with E-state index in [1.54, 1.807) is 6.92 Å². The van der Waals surface area contributed by atoms with E-state index in [-0.39, 0.29) is 35.4 Å². The highest BCUT2D eigenvalue weighted by molar-refractivity contribution is 5.94. The summed E-state index contributed by atoms with van der Waals surface area (Å²) in [7, 11) is 0. The van der Waals surface area contributed by atoms with E-state index in [1.165, 1.54) is 18.3 Å². The summed E-state index contributed by atoms with van der Waals surface area (Å²) in [4.78, 5) is 23.2. The molecule has 0 fully saturated rings. The van der Waals surface area contributed by atoms with Gasteiger partial charge < -0.3 is 15.0 Å². The zero-order valence-electron chi connectivity index (χ0n) is 19.0. The lowest BCUT2D eigenvalue weighted by Gasteiger charge is -2.21. The first-order valence-electron chi connectivity index (χ1n) is 10.9. The number of ether oxygens (including phenoxy) is 1. The number of esters is 1. The molecule has 1 heterocycles. The predicted molar refractivity (Wildman–Crippen MR) is 119 cm³/mol. The van der Waals surface area contributed by atoms with Gasteiger partial charge in [0.05, 0.1) is 12.2 Å². The van der Waals surface area contributed by atoms with Gasteiger partial charge in [-0.2, -0.15) is 13.2 Å². The van der Waals surface area contributed by atoms with Crippen LogP contribution in [0.3, 0.4) is 0 Å². The number of hydrogen-bond donors (Lipinski definition) is 1. The third-order valence-corrected chi connectivity index (χ3v) is 5.12. The number of carbonyl (C=O) groups is 1. The van der Waals surface area contributed by atoms with E-state index in [1.807, 2.05) is 6.92 Å². The molecule has 2 aromatic rings. The van der Waals surface area contributed by atoms with Gasteiger partial charge in [-0.25, -0.2) is 14.8 Å². The van der Waals surface area contributed by atoms with Crippen LogP contribution in [0.15, 0.2) is 30.5 Å². The molecule has 0 aliphatic rings. The number of aromatic nitrogens is 2. The fraction of sp³-hybridized carbons (Fsp3) is 0.522. The highest BCUT2D eigenvalue weighted by Crippen LogP contribution is 2.31. The third kappa shape index (κ3) is 7.19. The molecule has 0 saturated carbocycles. The lowest BCUT2D eigenvalue weighted by molar-refractivity contribution is -0.137. The smallest absolute Gasteiger partial charge is 0.416 e. The second-order valence-corrected chi connectivity index (χ2v) is 7.47. The van der Waals surface area contributed by atoms with Crippen LogP contribution in [0.2, 0.25) is 0 Å². The molecule has 0 unspecified atom stereocenters. The fourth-order valence-corrected chi connectivity index (χ4v) is 3.29. The lowest BCUT2D eigenvalue weighted by atomic mass is 10.1. The van der Waals surface area contributed by atoms with Crippen LogP contribution in [-0.4, -0.2) is 53.1 Å². The van der Waals surface area contributed by atoms with Gasteiger partial charge in [0.2, 0.25) is 0 Å². The van der Waals surface area contributed by atoms with Crippen LogP contribution >= 0.6 is 0 Å². The van der Waals surface area contributed by atoms with Crippen molar-refractivity contribution in [3.8, 4) is 11.4 Å². The van der Waals surface area contributed by atoms with Crippen LogP contribution in [0.25, 0.3) is 11.4 Å². The minimum absolute atomic E-state index is 0.0111. The summed E-state index contributed by atoms with van der Waals surface area (Å²) in [6, 6.07) is 4.79. The first kappa shape index (κ1) is 25.6. The van der Waals surface area contributed by atoms with Gasteiger partial charge in [-0.05, 0) is 58.5 Å². The average molecular weight is 453 g/mol. The highest BCUT2D eigenvalue weighted by Gasteiger charge is 2.30. The first-order chi connectivity index (χ1) is 15.2. The summed E-state index contributed by atoms with van der Waals surface area (Å²) in [5.74, 6) is -0.232. The van der Waals surface area contributed by atoms with Crippen LogP contribution in [-0.2, 0) is 10.9 Å². The molecular formula is C23H31F3N4O2. The number of benzene rings is 1. The van der Waals surface area contributed by atoms with Crippen molar-refractivity contribution in [3.63, 3.8) is 0 Å². The zero-order chi connectivity index (χ0) is 23.7. The Kier molecular flexibility index (Phi) is 9.43. The van der Waals surface area contributed by atoms with Crippen molar-refractivity contribution in [1.29, 1.82) is 0 Å². The lowest BCUT2D eigenvalue weighted by Crippen LogP contribution is -2.26. The Morgan fingerprint density at radius 2 is 1.94 bits per heavy atom. The Balaban J connectivity index is 2.27. The molecule has 9 heteroatoms. The molecule has 1 N–H and O–H groups in total. The van der Waals surface area contributed by atoms with Gasteiger partial charge in [-0.15, -0.1) is 0 Å². The minimum Gasteiger partial charge on any atom is -0.462 e. The van der Waals surface area contributed by atoms with Crippen LogP contribution in [0.1, 0.15) is 56.5 Å². The van der Waals surface area contributed by atoms with Gasteiger partial charge in [-0.3, -0.25) is 0 Å². The number of rotatable bonds is 11. The molecule has 0 spiro atoms. The van der Waals surface area contributed by atoms with Crippen LogP contribution in [0.4, 0.5) is 19.0 Å². The van der Waals surface area contributed by atoms with Gasteiger partial charge >= 0.3 is 12.1 Å². The fourth-order valence-electron chi connectivity index (χ4n) is 3.29. The van der Waals surface area contributed by atoms with Crippen molar-refractivity contribution < 1.29 is 22.7 Å². The Hall–Kier alpha value is -2.68. The quantitative estimate of drug-likeness (QED) is 0.469. The number of halogens is 3. The number of nitrogens with one attached hydrogen (secondary N) is 1. The maximum atomic E-state index is 13.1. The van der Waals surface area contributed by atoms with Crippen LogP contribution in [0.5, 0.6) is 0 Å². The molecule has 0 saturated heterocycles. The van der Waals surface area contributed by atoms with Gasteiger partial charge in [0.15, 0.2) is 5.82 Å². The molecule has 0 aliphatic heterocycles. The van der Waals surface area contributed by atoms with Gasteiger partial charge in [0.25, 0.3) is 0 Å². The number of anilines is 1. The van der Waals surface area contributed by atoms with Gasteiger partial charge in [-0.1, -0.05) is 26.0 Å². The van der Waals surface area contributed by atoms with Crippen molar-refractivity contribution in [2.45, 2.75) is 52.8 Å². The van der Waals surface area contributed by atoms with E-state index < -0.39 is 17.7 Å². The van der Waals surface area contributed by atoms with Crippen molar-refractivity contribution in [3.05, 3.63) is 41.6 Å². The van der Waals surface area contributed by atoms with E-state index in [0.29, 0.717) is 0 Å². The molecule has 1 aromatic heterocycles. The number of hydrogen-bond acceptors (Lipinski definition) is 6.